The molecular weight excluding hydrogens is 379 g/mol. The van der Waals surface area contributed by atoms with Crippen molar-refractivity contribution >= 4 is 27.0 Å². The van der Waals surface area contributed by atoms with Crippen LogP contribution in [0.4, 0.5) is 19.1 Å². The molecule has 11 heteroatoms. The van der Waals surface area contributed by atoms with Gasteiger partial charge in [-0.3, -0.25) is 4.79 Å². The Hall–Kier alpha value is -2.27. The lowest BCUT2D eigenvalue weighted by atomic mass is 10.1. The van der Waals surface area contributed by atoms with E-state index in [4.69, 9.17) is 9.15 Å². The average Bonchev–Trinajstić information content (AvgIpc) is 2.57. The molecule has 142 valence electrons. The number of hydrogen-bond donors (Lipinski definition) is 0. The number of morpholine rings is 1. The zero-order chi connectivity index (χ0) is 19.1. The smallest absolute Gasteiger partial charge is 0.440 e. The Bertz CT molecular complexity index is 993. The third-order valence-electron chi connectivity index (χ3n) is 3.89. The molecule has 1 saturated heterocycles. The van der Waals surface area contributed by atoms with E-state index in [1.807, 2.05) is 0 Å². The molecule has 0 bridgehead atoms. The van der Waals surface area contributed by atoms with Gasteiger partial charge in [0.2, 0.25) is 0 Å². The third kappa shape index (κ3) is 3.36. The van der Waals surface area contributed by atoms with Crippen molar-refractivity contribution in [3.8, 4) is 5.75 Å². The highest BCUT2D eigenvalue weighted by Gasteiger charge is 2.48. The molecule has 2 heterocycles. The van der Waals surface area contributed by atoms with E-state index in [0.29, 0.717) is 26.3 Å². The quantitative estimate of drug-likeness (QED) is 0.584. The van der Waals surface area contributed by atoms with Gasteiger partial charge in [0.05, 0.1) is 18.6 Å². The lowest BCUT2D eigenvalue weighted by molar-refractivity contribution is -0.0500. The number of aryl methyl sites for hydroxylation is 1. The standard InChI is InChI=1S/C15H14F3NO6S/c1-9-12(25-26(21,22)15(16,17)18)3-2-10-11(20)8-13(24-14(9)10)19-4-6-23-7-5-19/h2-3,8H,4-7H2,1H3. The molecule has 3 rings (SSSR count). The molecule has 0 aliphatic carbocycles. The van der Waals surface area contributed by atoms with Crippen molar-refractivity contribution in [2.45, 2.75) is 12.4 Å². The van der Waals surface area contributed by atoms with Crippen LogP contribution in [0.1, 0.15) is 5.56 Å². The van der Waals surface area contributed by atoms with E-state index in [2.05, 4.69) is 4.18 Å². The number of fused-ring (bicyclic) bond motifs is 1. The Balaban J connectivity index is 2.08. The summed E-state index contributed by atoms with van der Waals surface area (Å²) in [6.07, 6.45) is 0. The highest BCUT2D eigenvalue weighted by Crippen LogP contribution is 2.33. The second-order valence-electron chi connectivity index (χ2n) is 5.60. The summed E-state index contributed by atoms with van der Waals surface area (Å²) in [5.74, 6) is -0.332. The molecule has 0 amide bonds. The first-order chi connectivity index (χ1) is 12.1. The van der Waals surface area contributed by atoms with Crippen LogP contribution in [0.3, 0.4) is 0 Å². The van der Waals surface area contributed by atoms with Crippen molar-refractivity contribution in [2.75, 3.05) is 31.2 Å². The molecule has 0 unspecified atom stereocenters. The summed E-state index contributed by atoms with van der Waals surface area (Å²) >= 11 is 0. The van der Waals surface area contributed by atoms with Crippen LogP contribution < -0.4 is 14.5 Å². The minimum absolute atomic E-state index is 0.0254. The molecule has 1 aliphatic rings. The van der Waals surface area contributed by atoms with E-state index in [-0.39, 0.29) is 22.4 Å². The van der Waals surface area contributed by atoms with Crippen LogP contribution in [-0.2, 0) is 14.9 Å². The summed E-state index contributed by atoms with van der Waals surface area (Å²) in [7, 11) is -5.83. The largest absolute Gasteiger partial charge is 0.534 e. The number of nitrogens with zero attached hydrogens (tertiary/aromatic N) is 1. The summed E-state index contributed by atoms with van der Waals surface area (Å²) in [5.41, 5.74) is -6.03. The molecule has 2 aromatic rings. The van der Waals surface area contributed by atoms with Gasteiger partial charge in [-0.15, -0.1) is 0 Å². The predicted molar refractivity (Wildman–Crippen MR) is 85.9 cm³/mol. The van der Waals surface area contributed by atoms with Gasteiger partial charge in [0.25, 0.3) is 0 Å². The van der Waals surface area contributed by atoms with Crippen molar-refractivity contribution in [1.82, 2.24) is 0 Å². The van der Waals surface area contributed by atoms with E-state index >= 15 is 0 Å². The Kier molecular flexibility index (Phi) is 4.61. The topological polar surface area (TPSA) is 86.1 Å². The Labute approximate surface area is 146 Å². The first kappa shape index (κ1) is 18.5. The van der Waals surface area contributed by atoms with E-state index in [0.717, 1.165) is 6.07 Å². The summed E-state index contributed by atoms with van der Waals surface area (Å²) in [6.45, 7) is 3.15. The third-order valence-corrected chi connectivity index (χ3v) is 4.85. The minimum Gasteiger partial charge on any atom is -0.440 e. The molecule has 0 spiro atoms. The molecule has 7 nitrogen and oxygen atoms in total. The normalized spacial score (nSPS) is 16.1. The van der Waals surface area contributed by atoms with E-state index in [1.54, 1.807) is 4.90 Å². The summed E-state index contributed by atoms with van der Waals surface area (Å²) < 4.78 is 75.1. The Morgan fingerprint density at radius 1 is 1.19 bits per heavy atom. The summed E-state index contributed by atoms with van der Waals surface area (Å²) in [4.78, 5) is 14.0. The van der Waals surface area contributed by atoms with Gasteiger partial charge in [-0.1, -0.05) is 0 Å². The first-order valence-electron chi connectivity index (χ1n) is 7.51. The first-order valence-corrected chi connectivity index (χ1v) is 8.92. The number of rotatable bonds is 3. The van der Waals surface area contributed by atoms with Crippen LogP contribution in [0.15, 0.2) is 27.4 Å². The van der Waals surface area contributed by atoms with Crippen molar-refractivity contribution in [3.63, 3.8) is 0 Å². The van der Waals surface area contributed by atoms with Crippen LogP contribution in [0.25, 0.3) is 11.0 Å². The van der Waals surface area contributed by atoms with Gasteiger partial charge in [-0.05, 0) is 19.1 Å². The molecule has 1 aromatic carbocycles. The van der Waals surface area contributed by atoms with Crippen molar-refractivity contribution in [3.05, 3.63) is 34.0 Å². The number of halogens is 3. The molecule has 1 aromatic heterocycles. The van der Waals surface area contributed by atoms with E-state index in [1.165, 1.54) is 19.1 Å². The molecule has 0 radical (unpaired) electrons. The molecule has 0 N–H and O–H groups in total. The van der Waals surface area contributed by atoms with E-state index < -0.39 is 26.8 Å². The maximum Gasteiger partial charge on any atom is 0.534 e. The zero-order valence-electron chi connectivity index (χ0n) is 13.5. The maximum atomic E-state index is 12.5. The number of anilines is 1. The van der Waals surface area contributed by atoms with Crippen LogP contribution in [0.2, 0.25) is 0 Å². The number of hydrogen-bond acceptors (Lipinski definition) is 7. The number of benzene rings is 1. The molecule has 1 aliphatic heterocycles. The molecule has 1 fully saturated rings. The predicted octanol–water partition coefficient (Wildman–Crippen LogP) is 2.17. The van der Waals surface area contributed by atoms with Gasteiger partial charge in [0.1, 0.15) is 11.3 Å². The number of alkyl halides is 3. The van der Waals surface area contributed by atoms with E-state index in [9.17, 15) is 26.4 Å². The average molecular weight is 393 g/mol. The minimum atomic E-state index is -5.83. The highest BCUT2D eigenvalue weighted by molar-refractivity contribution is 7.88. The summed E-state index contributed by atoms with van der Waals surface area (Å²) in [6, 6.07) is 3.44. The lowest BCUT2D eigenvalue weighted by Crippen LogP contribution is -2.36. The molecule has 26 heavy (non-hydrogen) atoms. The number of ether oxygens (including phenoxy) is 1. The highest BCUT2D eigenvalue weighted by atomic mass is 32.2. The monoisotopic (exact) mass is 393 g/mol. The summed E-state index contributed by atoms with van der Waals surface area (Å²) in [5, 5.41) is 0.108. The van der Waals surface area contributed by atoms with Crippen molar-refractivity contribution in [2.24, 2.45) is 0 Å². The second kappa shape index (κ2) is 6.47. The second-order valence-corrected chi connectivity index (χ2v) is 7.13. The van der Waals surface area contributed by atoms with Crippen LogP contribution in [0.5, 0.6) is 5.75 Å². The Morgan fingerprint density at radius 3 is 2.46 bits per heavy atom. The SMILES string of the molecule is Cc1c(OS(=O)(=O)C(F)(F)F)ccc2c(=O)cc(N3CCOCC3)oc12. The van der Waals surface area contributed by atoms with Crippen LogP contribution in [0, 0.1) is 6.92 Å². The fraction of sp³-hybridized carbons (Fsp3) is 0.400. The molecule has 0 atom stereocenters. The van der Waals surface area contributed by atoms with Gasteiger partial charge in [-0.25, -0.2) is 0 Å². The van der Waals surface area contributed by atoms with Crippen LogP contribution >= 0.6 is 0 Å². The van der Waals surface area contributed by atoms with Crippen molar-refractivity contribution in [1.29, 1.82) is 0 Å². The van der Waals surface area contributed by atoms with Gasteiger partial charge in [0.15, 0.2) is 11.3 Å². The van der Waals surface area contributed by atoms with Crippen LogP contribution in [-0.4, -0.2) is 40.2 Å². The van der Waals surface area contributed by atoms with Gasteiger partial charge in [-0.2, -0.15) is 21.6 Å². The molecular formula is C15H14F3NO6S. The lowest BCUT2D eigenvalue weighted by Gasteiger charge is -2.27. The fourth-order valence-corrected chi connectivity index (χ4v) is 3.03. The fourth-order valence-electron chi connectivity index (χ4n) is 2.52. The maximum absolute atomic E-state index is 12.5. The molecule has 0 saturated carbocycles. The van der Waals surface area contributed by atoms with Gasteiger partial charge < -0.3 is 18.2 Å². The van der Waals surface area contributed by atoms with Gasteiger partial charge >= 0.3 is 15.6 Å². The van der Waals surface area contributed by atoms with Gasteiger partial charge in [0, 0.05) is 24.7 Å². The zero-order valence-corrected chi connectivity index (χ0v) is 14.3. The Morgan fingerprint density at radius 2 is 1.85 bits per heavy atom. The van der Waals surface area contributed by atoms with Crippen molar-refractivity contribution < 1.29 is 34.9 Å².